The molecule has 0 fully saturated rings. The highest BCUT2D eigenvalue weighted by molar-refractivity contribution is 5.89. The monoisotopic (exact) mass is 326 g/mol. The van der Waals surface area contributed by atoms with Crippen molar-refractivity contribution in [1.82, 2.24) is 14.9 Å². The van der Waals surface area contributed by atoms with E-state index in [1.165, 1.54) is 6.20 Å². The van der Waals surface area contributed by atoms with Gasteiger partial charge in [-0.05, 0) is 27.2 Å². The van der Waals surface area contributed by atoms with Crippen molar-refractivity contribution in [3.8, 4) is 0 Å². The summed E-state index contributed by atoms with van der Waals surface area (Å²) < 4.78 is 6.62. The molecule has 0 saturated heterocycles. The second-order valence-electron chi connectivity index (χ2n) is 5.99. The zero-order valence-electron chi connectivity index (χ0n) is 13.6. The first-order chi connectivity index (χ1) is 10.6. The fourth-order valence-corrected chi connectivity index (χ4v) is 1.66. The van der Waals surface area contributed by atoms with Gasteiger partial charge < -0.3 is 19.7 Å². The second kappa shape index (κ2) is 7.61. The van der Waals surface area contributed by atoms with Crippen molar-refractivity contribution in [2.45, 2.75) is 45.3 Å². The Bertz CT molecular complexity index is 576. The van der Waals surface area contributed by atoms with Crippen LogP contribution >= 0.6 is 0 Å². The molecule has 23 heavy (non-hydrogen) atoms. The Morgan fingerprint density at radius 1 is 1.39 bits per heavy atom. The molecular weight excluding hydrogens is 304 g/mol. The Hall–Kier alpha value is -2.58. The van der Waals surface area contributed by atoms with Gasteiger partial charge in [0.05, 0.1) is 0 Å². The van der Waals surface area contributed by atoms with Crippen molar-refractivity contribution < 1.29 is 24.2 Å². The molecule has 0 aliphatic rings. The number of alkyl carbamates (subject to hydrolysis) is 1. The van der Waals surface area contributed by atoms with Crippen molar-refractivity contribution >= 4 is 23.9 Å². The largest absolute Gasteiger partial charge is 0.480 e. The molecule has 0 unspecified atom stereocenters. The number of carboxylic acid groups (broad SMARTS) is 1. The van der Waals surface area contributed by atoms with Gasteiger partial charge in [0.15, 0.2) is 0 Å². The number of aliphatic carboxylic acids is 1. The number of aryl methyl sites for hydroxylation is 1. The van der Waals surface area contributed by atoms with Crippen LogP contribution in [0.3, 0.4) is 0 Å². The number of hydrogen-bond acceptors (Lipinski definition) is 5. The maximum atomic E-state index is 11.8. The lowest BCUT2D eigenvalue weighted by atomic mass is 10.1. The molecular formula is C14H22N4O5. The third-order valence-electron chi connectivity index (χ3n) is 2.72. The summed E-state index contributed by atoms with van der Waals surface area (Å²) in [5.74, 6) is -1.26. The molecule has 0 spiro atoms. The number of carboxylic acids is 1. The van der Waals surface area contributed by atoms with Gasteiger partial charge in [0.1, 0.15) is 11.6 Å². The first-order valence-corrected chi connectivity index (χ1v) is 7.08. The van der Waals surface area contributed by atoms with Crippen LogP contribution in [0.25, 0.3) is 0 Å². The summed E-state index contributed by atoms with van der Waals surface area (Å²) in [5, 5.41) is 13.9. The molecule has 9 heteroatoms. The molecule has 1 atom stereocenters. The van der Waals surface area contributed by atoms with Gasteiger partial charge in [-0.15, -0.1) is 0 Å². The van der Waals surface area contributed by atoms with Gasteiger partial charge in [0.25, 0.3) is 0 Å². The minimum absolute atomic E-state index is 0.0647. The van der Waals surface area contributed by atoms with Gasteiger partial charge in [0, 0.05) is 25.9 Å². The molecule has 1 rings (SSSR count). The summed E-state index contributed by atoms with van der Waals surface area (Å²) in [6.45, 7) is 5.01. The summed E-state index contributed by atoms with van der Waals surface area (Å²) in [6, 6.07) is -1.21. The maximum absolute atomic E-state index is 11.8. The van der Waals surface area contributed by atoms with E-state index >= 15 is 0 Å². The normalized spacial score (nSPS) is 12.3. The summed E-state index contributed by atoms with van der Waals surface area (Å²) in [5.41, 5.74) is -0.733. The number of amides is 2. The number of aromatic nitrogens is 2. The third-order valence-corrected chi connectivity index (χ3v) is 2.72. The Morgan fingerprint density at radius 2 is 2.04 bits per heavy atom. The molecule has 128 valence electrons. The number of nitrogens with one attached hydrogen (secondary N) is 2. The first-order valence-electron chi connectivity index (χ1n) is 7.08. The number of carbonyl (C=O) groups is 3. The zero-order chi connectivity index (χ0) is 17.6. The zero-order valence-corrected chi connectivity index (χ0v) is 13.6. The Kier molecular flexibility index (Phi) is 6.11. The summed E-state index contributed by atoms with van der Waals surface area (Å²) in [7, 11) is 1.72. The number of ether oxygens (including phenoxy) is 1. The molecule has 1 heterocycles. The van der Waals surface area contributed by atoms with Crippen molar-refractivity contribution in [2.75, 3.05) is 5.32 Å². The smallest absolute Gasteiger partial charge is 0.408 e. The average Bonchev–Trinajstić information content (AvgIpc) is 2.77. The van der Waals surface area contributed by atoms with Gasteiger partial charge in [0.2, 0.25) is 11.9 Å². The minimum atomic E-state index is -1.24. The van der Waals surface area contributed by atoms with Crippen LogP contribution in [0.5, 0.6) is 0 Å². The topological polar surface area (TPSA) is 123 Å². The van der Waals surface area contributed by atoms with E-state index in [4.69, 9.17) is 9.84 Å². The SMILES string of the molecule is Cn1ccnc1NC(=O)CC[C@H](NC(=O)OC(C)(C)C)C(=O)O. The van der Waals surface area contributed by atoms with Crippen molar-refractivity contribution in [3.05, 3.63) is 12.4 Å². The lowest BCUT2D eigenvalue weighted by Crippen LogP contribution is -2.43. The van der Waals surface area contributed by atoms with Crippen LogP contribution in [0.2, 0.25) is 0 Å². The van der Waals surface area contributed by atoms with E-state index in [1.54, 1.807) is 38.6 Å². The standard InChI is InChI=1S/C14H22N4O5/c1-14(2,3)23-13(22)16-9(11(20)21)5-6-10(19)17-12-15-7-8-18(12)4/h7-9H,5-6H2,1-4H3,(H,16,22)(H,20,21)(H,15,17,19)/t9-/m0/s1. The highest BCUT2D eigenvalue weighted by Crippen LogP contribution is 2.08. The van der Waals surface area contributed by atoms with E-state index in [9.17, 15) is 14.4 Å². The highest BCUT2D eigenvalue weighted by atomic mass is 16.6. The first kappa shape index (κ1) is 18.5. The van der Waals surface area contributed by atoms with Crippen molar-refractivity contribution in [1.29, 1.82) is 0 Å². The van der Waals surface area contributed by atoms with E-state index in [0.29, 0.717) is 5.95 Å². The molecule has 0 saturated carbocycles. The molecule has 1 aromatic heterocycles. The fourth-order valence-electron chi connectivity index (χ4n) is 1.66. The molecule has 0 aliphatic carbocycles. The Balaban J connectivity index is 2.50. The summed E-state index contributed by atoms with van der Waals surface area (Å²) in [4.78, 5) is 38.5. The van der Waals surface area contributed by atoms with Crippen LogP contribution in [-0.2, 0) is 21.4 Å². The van der Waals surface area contributed by atoms with Gasteiger partial charge in [-0.3, -0.25) is 10.1 Å². The summed E-state index contributed by atoms with van der Waals surface area (Å²) in [6.07, 6.45) is 2.21. The predicted molar refractivity (Wildman–Crippen MR) is 81.9 cm³/mol. The quantitative estimate of drug-likeness (QED) is 0.720. The average molecular weight is 326 g/mol. The van der Waals surface area contributed by atoms with Crippen LogP contribution in [0.1, 0.15) is 33.6 Å². The molecule has 0 bridgehead atoms. The van der Waals surface area contributed by atoms with E-state index in [2.05, 4.69) is 15.6 Å². The van der Waals surface area contributed by atoms with E-state index in [-0.39, 0.29) is 12.8 Å². The molecule has 0 aromatic carbocycles. The summed E-state index contributed by atoms with van der Waals surface area (Å²) >= 11 is 0. The van der Waals surface area contributed by atoms with Crippen LogP contribution in [0, 0.1) is 0 Å². The number of rotatable bonds is 6. The molecule has 9 nitrogen and oxygen atoms in total. The molecule has 0 radical (unpaired) electrons. The number of anilines is 1. The number of nitrogens with zero attached hydrogens (tertiary/aromatic N) is 2. The fraction of sp³-hybridized carbons (Fsp3) is 0.571. The Morgan fingerprint density at radius 3 is 2.52 bits per heavy atom. The molecule has 1 aromatic rings. The molecule has 3 N–H and O–H groups in total. The number of hydrogen-bond donors (Lipinski definition) is 3. The van der Waals surface area contributed by atoms with E-state index < -0.39 is 29.6 Å². The van der Waals surface area contributed by atoms with E-state index in [0.717, 1.165) is 0 Å². The predicted octanol–water partition coefficient (Wildman–Crippen LogP) is 1.12. The van der Waals surface area contributed by atoms with Crippen LogP contribution in [0.15, 0.2) is 12.4 Å². The Labute approximate surface area is 134 Å². The highest BCUT2D eigenvalue weighted by Gasteiger charge is 2.24. The van der Waals surface area contributed by atoms with Gasteiger partial charge >= 0.3 is 12.1 Å². The van der Waals surface area contributed by atoms with Gasteiger partial charge in [-0.25, -0.2) is 14.6 Å². The van der Waals surface area contributed by atoms with Gasteiger partial charge in [-0.2, -0.15) is 0 Å². The van der Waals surface area contributed by atoms with Crippen LogP contribution < -0.4 is 10.6 Å². The van der Waals surface area contributed by atoms with Crippen LogP contribution in [0.4, 0.5) is 10.7 Å². The molecule has 2 amide bonds. The lowest BCUT2D eigenvalue weighted by molar-refractivity contribution is -0.139. The molecule has 0 aliphatic heterocycles. The second-order valence-corrected chi connectivity index (χ2v) is 5.99. The van der Waals surface area contributed by atoms with Gasteiger partial charge in [-0.1, -0.05) is 0 Å². The lowest BCUT2D eigenvalue weighted by Gasteiger charge is -2.21. The van der Waals surface area contributed by atoms with E-state index in [1.807, 2.05) is 0 Å². The third kappa shape index (κ3) is 6.81. The van der Waals surface area contributed by atoms with Crippen molar-refractivity contribution in [3.63, 3.8) is 0 Å². The number of imidazole rings is 1. The van der Waals surface area contributed by atoms with Crippen molar-refractivity contribution in [2.24, 2.45) is 7.05 Å². The van der Waals surface area contributed by atoms with Crippen LogP contribution in [-0.4, -0.2) is 44.3 Å². The minimum Gasteiger partial charge on any atom is -0.480 e. The number of carbonyl (C=O) groups excluding carboxylic acids is 2. The maximum Gasteiger partial charge on any atom is 0.408 e.